The van der Waals surface area contributed by atoms with Gasteiger partial charge in [-0.2, -0.15) is 4.40 Å². The van der Waals surface area contributed by atoms with Crippen molar-refractivity contribution in [3.05, 3.63) is 140 Å². The molecule has 2 aromatic heterocycles. The van der Waals surface area contributed by atoms with Gasteiger partial charge in [-0.05, 0) is 35.4 Å². The summed E-state index contributed by atoms with van der Waals surface area (Å²) in [5.41, 5.74) is 8.31. The fourth-order valence-corrected chi connectivity index (χ4v) is 5.78. The van der Waals surface area contributed by atoms with E-state index in [0.29, 0.717) is 0 Å². The molecule has 0 radical (unpaired) electrons. The number of rotatable bonds is 4. The largest absolute Gasteiger partial charge is 0.496 e. The maximum Gasteiger partial charge on any atom is 0.227 e. The third-order valence-electron chi connectivity index (χ3n) is 7.39. The van der Waals surface area contributed by atoms with Crippen molar-refractivity contribution in [2.75, 3.05) is 7.11 Å². The van der Waals surface area contributed by atoms with E-state index in [1.54, 1.807) is 7.11 Å². The Kier molecular flexibility index (Phi) is 5.37. The number of aromatic nitrogens is 1. The van der Waals surface area contributed by atoms with Crippen molar-refractivity contribution in [2.24, 2.45) is 0 Å². The van der Waals surface area contributed by atoms with Gasteiger partial charge in [0.1, 0.15) is 5.75 Å². The summed E-state index contributed by atoms with van der Waals surface area (Å²) in [5.74, 6) is 0.863. The van der Waals surface area contributed by atoms with Crippen LogP contribution < -0.4 is 9.14 Å². The lowest BCUT2D eigenvalue weighted by Crippen LogP contribution is -2.27. The monoisotopic (exact) mass is 488 g/mol. The van der Waals surface area contributed by atoms with Gasteiger partial charge in [0.2, 0.25) is 11.2 Å². The third kappa shape index (κ3) is 3.46. The second-order valence-electron chi connectivity index (χ2n) is 9.51. The van der Waals surface area contributed by atoms with E-state index in [0.717, 1.165) is 16.8 Å². The van der Waals surface area contributed by atoms with Crippen LogP contribution in [0.1, 0.15) is 0 Å². The summed E-state index contributed by atoms with van der Waals surface area (Å²) in [7, 11) is 1.75. The quantitative estimate of drug-likeness (QED) is 0.137. The number of hydrogen-bond acceptors (Lipinski definition) is 1. The molecule has 38 heavy (non-hydrogen) atoms. The average Bonchev–Trinajstić information content (AvgIpc) is 3.00. The number of methoxy groups -OCH3 is 1. The molecule has 0 aliphatic carbocycles. The van der Waals surface area contributed by atoms with Crippen molar-refractivity contribution < 1.29 is 9.14 Å². The Balaban J connectivity index is 1.82. The molecular weight excluding hydrogens is 462 g/mol. The van der Waals surface area contributed by atoms with Crippen molar-refractivity contribution in [1.29, 1.82) is 0 Å². The molecule has 0 saturated carbocycles. The Hall–Kier alpha value is -4.95. The molecule has 2 heterocycles. The van der Waals surface area contributed by atoms with Gasteiger partial charge in [0.05, 0.1) is 29.0 Å². The molecule has 0 spiro atoms. The van der Waals surface area contributed by atoms with E-state index in [1.807, 2.05) is 6.07 Å². The van der Waals surface area contributed by atoms with Gasteiger partial charge in [0.25, 0.3) is 0 Å². The fraction of sp³-hybridized carbons (Fsp3) is 0.0278. The first-order valence-electron chi connectivity index (χ1n) is 12.9. The van der Waals surface area contributed by atoms with E-state index >= 15 is 0 Å². The van der Waals surface area contributed by atoms with Crippen molar-refractivity contribution in [2.45, 2.75) is 0 Å². The first kappa shape index (κ1) is 22.3. The van der Waals surface area contributed by atoms with Gasteiger partial charge < -0.3 is 4.74 Å². The van der Waals surface area contributed by atoms with E-state index in [1.165, 1.54) is 49.5 Å². The number of ether oxygens (including phenoxy) is 1. The van der Waals surface area contributed by atoms with Crippen LogP contribution in [0.4, 0.5) is 0 Å². The van der Waals surface area contributed by atoms with Gasteiger partial charge in [-0.3, -0.25) is 0 Å². The second-order valence-corrected chi connectivity index (χ2v) is 9.51. The fourth-order valence-electron chi connectivity index (χ4n) is 5.78. The highest BCUT2D eigenvalue weighted by Crippen LogP contribution is 2.42. The minimum absolute atomic E-state index is 0.863. The molecular formula is C36H26NO+. The molecule has 0 N–H and O–H groups in total. The van der Waals surface area contributed by atoms with Crippen LogP contribution in [-0.4, -0.2) is 7.11 Å². The minimum atomic E-state index is 0.863. The van der Waals surface area contributed by atoms with Crippen LogP contribution in [-0.2, 0) is 0 Å². The Morgan fingerprint density at radius 3 is 1.58 bits per heavy atom. The average molecular weight is 489 g/mol. The SMILES string of the molecule is COc1cccc2c(-c3ccccc3)c3c4ccccc4c(-c4ccccc4)c(-c4ccccc4)[n+]3cc12. The molecule has 0 aliphatic heterocycles. The maximum atomic E-state index is 5.90. The van der Waals surface area contributed by atoms with Crippen LogP contribution in [0.5, 0.6) is 5.75 Å². The Morgan fingerprint density at radius 1 is 0.447 bits per heavy atom. The van der Waals surface area contributed by atoms with Gasteiger partial charge in [-0.1, -0.05) is 109 Å². The van der Waals surface area contributed by atoms with Gasteiger partial charge >= 0.3 is 0 Å². The van der Waals surface area contributed by atoms with E-state index in [-0.39, 0.29) is 0 Å². The molecule has 5 aromatic carbocycles. The van der Waals surface area contributed by atoms with Gasteiger partial charge in [-0.15, -0.1) is 0 Å². The van der Waals surface area contributed by atoms with Crippen molar-refractivity contribution in [1.82, 2.24) is 0 Å². The highest BCUT2D eigenvalue weighted by atomic mass is 16.5. The highest BCUT2D eigenvalue weighted by molar-refractivity contribution is 6.15. The molecule has 0 aliphatic rings. The maximum absolute atomic E-state index is 5.90. The molecule has 0 saturated heterocycles. The van der Waals surface area contributed by atoms with Crippen LogP contribution in [0, 0.1) is 0 Å². The summed E-state index contributed by atoms with van der Waals surface area (Å²) in [5, 5.41) is 4.71. The van der Waals surface area contributed by atoms with E-state index in [2.05, 4.69) is 138 Å². The first-order valence-corrected chi connectivity index (χ1v) is 12.9. The van der Waals surface area contributed by atoms with Gasteiger partial charge in [-0.25, -0.2) is 0 Å². The van der Waals surface area contributed by atoms with Crippen LogP contribution >= 0.6 is 0 Å². The van der Waals surface area contributed by atoms with E-state index in [4.69, 9.17) is 4.74 Å². The lowest BCUT2D eigenvalue weighted by atomic mass is 9.89. The van der Waals surface area contributed by atoms with E-state index < -0.39 is 0 Å². The molecule has 7 rings (SSSR count). The number of benzene rings is 5. The zero-order chi connectivity index (χ0) is 25.5. The molecule has 0 fully saturated rings. The molecule has 2 heteroatoms. The smallest absolute Gasteiger partial charge is 0.227 e. The van der Waals surface area contributed by atoms with Crippen LogP contribution in [0.25, 0.3) is 60.6 Å². The molecule has 2 nitrogen and oxygen atoms in total. The predicted molar refractivity (Wildman–Crippen MR) is 157 cm³/mol. The zero-order valence-electron chi connectivity index (χ0n) is 21.1. The summed E-state index contributed by atoms with van der Waals surface area (Å²) in [6.45, 7) is 0. The van der Waals surface area contributed by atoms with Crippen LogP contribution in [0.3, 0.4) is 0 Å². The van der Waals surface area contributed by atoms with Crippen molar-refractivity contribution in [3.63, 3.8) is 0 Å². The lowest BCUT2D eigenvalue weighted by molar-refractivity contribution is -0.495. The van der Waals surface area contributed by atoms with Crippen molar-refractivity contribution >= 4 is 27.1 Å². The molecule has 180 valence electrons. The molecule has 0 bridgehead atoms. The topological polar surface area (TPSA) is 13.3 Å². The zero-order valence-corrected chi connectivity index (χ0v) is 21.1. The van der Waals surface area contributed by atoms with Gasteiger partial charge in [0, 0.05) is 16.3 Å². The number of fused-ring (bicyclic) bond motifs is 4. The molecule has 0 unspecified atom stereocenters. The highest BCUT2D eigenvalue weighted by Gasteiger charge is 2.29. The summed E-state index contributed by atoms with van der Waals surface area (Å²) in [6, 6.07) is 47.3. The van der Waals surface area contributed by atoms with Gasteiger partial charge in [0.15, 0.2) is 6.20 Å². The Bertz CT molecular complexity index is 1930. The molecule has 7 aromatic rings. The Labute approximate surface area is 222 Å². The minimum Gasteiger partial charge on any atom is -0.496 e. The number of pyridine rings is 2. The second kappa shape index (κ2) is 9.17. The molecule has 0 atom stereocenters. The summed E-state index contributed by atoms with van der Waals surface area (Å²) in [4.78, 5) is 0. The van der Waals surface area contributed by atoms with Crippen LogP contribution in [0.15, 0.2) is 140 Å². The summed E-state index contributed by atoms with van der Waals surface area (Å²) < 4.78 is 8.30. The number of nitrogens with zero attached hydrogens (tertiary/aromatic N) is 1. The first-order chi connectivity index (χ1) is 18.8. The van der Waals surface area contributed by atoms with E-state index in [9.17, 15) is 0 Å². The lowest BCUT2D eigenvalue weighted by Gasteiger charge is -2.17. The molecule has 0 amide bonds. The van der Waals surface area contributed by atoms with Crippen LogP contribution in [0.2, 0.25) is 0 Å². The number of hydrogen-bond donors (Lipinski definition) is 0. The standard InChI is InChI=1S/C36H26NO/c1-38-32-23-13-22-29-31(32)24-37-35(27-18-9-4-10-19-27)33(25-14-5-2-6-15-25)28-20-11-12-21-30(28)36(37)34(29)26-16-7-3-8-17-26/h2-24H,1H3/q+1. The van der Waals surface area contributed by atoms with Crippen molar-refractivity contribution in [3.8, 4) is 39.3 Å². The normalized spacial score (nSPS) is 11.3. The summed E-state index contributed by atoms with van der Waals surface area (Å²) in [6.07, 6.45) is 2.26. The summed E-state index contributed by atoms with van der Waals surface area (Å²) >= 11 is 0. The third-order valence-corrected chi connectivity index (χ3v) is 7.39. The predicted octanol–water partition coefficient (Wildman–Crippen LogP) is 8.74. The Morgan fingerprint density at radius 2 is 0.947 bits per heavy atom.